The van der Waals surface area contributed by atoms with Gasteiger partial charge in [0.25, 0.3) is 0 Å². The fourth-order valence-corrected chi connectivity index (χ4v) is 1.99. The van der Waals surface area contributed by atoms with Crippen molar-refractivity contribution in [3.8, 4) is 0 Å². The van der Waals surface area contributed by atoms with Gasteiger partial charge in [0.1, 0.15) is 0 Å². The maximum Gasteiger partial charge on any atom is 0.158 e. The summed E-state index contributed by atoms with van der Waals surface area (Å²) in [6.45, 7) is 2.62. The summed E-state index contributed by atoms with van der Waals surface area (Å²) >= 11 is 0. The fourth-order valence-electron chi connectivity index (χ4n) is 1.99. The van der Waals surface area contributed by atoms with Crippen LogP contribution in [0.15, 0.2) is 12.4 Å². The van der Waals surface area contributed by atoms with Gasteiger partial charge >= 0.3 is 0 Å². The topological polar surface area (TPSA) is 76.3 Å². The lowest BCUT2D eigenvalue weighted by atomic mass is 10.2. The van der Waals surface area contributed by atoms with Crippen LogP contribution >= 0.6 is 0 Å². The minimum atomic E-state index is 0.373. The number of likely N-dealkylation sites (N-methyl/N-ethyl adjacent to an activating group) is 1. The monoisotopic (exact) mass is 237 g/mol. The smallest absolute Gasteiger partial charge is 0.158 e. The molecule has 0 saturated carbocycles. The summed E-state index contributed by atoms with van der Waals surface area (Å²) in [7, 11) is 2.07. The highest BCUT2D eigenvalue weighted by Crippen LogP contribution is 2.13. The van der Waals surface area contributed by atoms with Crippen LogP contribution in [0.1, 0.15) is 18.5 Å². The fraction of sp³-hybridized carbons (Fsp3) is 0.636. The van der Waals surface area contributed by atoms with Crippen molar-refractivity contribution in [1.82, 2.24) is 14.9 Å². The molecule has 94 valence electrons. The molecule has 0 spiro atoms. The molecule has 1 atom stereocenters. The van der Waals surface area contributed by atoms with Crippen LogP contribution in [-0.4, -0.2) is 41.2 Å². The van der Waals surface area contributed by atoms with Crippen LogP contribution < -0.4 is 11.3 Å². The molecule has 0 amide bonds. The SMILES string of the molecule is CN(Cc1cnc(NN)cn1)CC1CCCO1. The van der Waals surface area contributed by atoms with Gasteiger partial charge in [-0.1, -0.05) is 0 Å². The molecular weight excluding hydrogens is 218 g/mol. The van der Waals surface area contributed by atoms with Gasteiger partial charge < -0.3 is 10.2 Å². The lowest BCUT2D eigenvalue weighted by Crippen LogP contribution is -2.28. The van der Waals surface area contributed by atoms with E-state index >= 15 is 0 Å². The Hall–Kier alpha value is -1.24. The Morgan fingerprint density at radius 2 is 2.41 bits per heavy atom. The first-order valence-corrected chi connectivity index (χ1v) is 5.85. The van der Waals surface area contributed by atoms with Crippen molar-refractivity contribution >= 4 is 5.82 Å². The molecular formula is C11H19N5O. The number of hydrazine groups is 1. The van der Waals surface area contributed by atoms with Crippen LogP contribution in [0.3, 0.4) is 0 Å². The summed E-state index contributed by atoms with van der Waals surface area (Å²) in [5.74, 6) is 5.81. The molecule has 1 aliphatic rings. The quantitative estimate of drug-likeness (QED) is 0.569. The van der Waals surface area contributed by atoms with Crippen molar-refractivity contribution in [3.63, 3.8) is 0 Å². The molecule has 2 heterocycles. The third-order valence-electron chi connectivity index (χ3n) is 2.82. The van der Waals surface area contributed by atoms with Gasteiger partial charge in [0.2, 0.25) is 0 Å². The average molecular weight is 237 g/mol. The molecule has 6 heteroatoms. The zero-order chi connectivity index (χ0) is 12.1. The summed E-state index contributed by atoms with van der Waals surface area (Å²) in [6.07, 6.45) is 6.08. The molecule has 0 aromatic carbocycles. The lowest BCUT2D eigenvalue weighted by Gasteiger charge is -2.19. The second-order valence-corrected chi connectivity index (χ2v) is 4.37. The molecule has 1 fully saturated rings. The van der Waals surface area contributed by atoms with E-state index in [0.29, 0.717) is 11.9 Å². The number of nitrogens with one attached hydrogen (secondary N) is 1. The average Bonchev–Trinajstić information content (AvgIpc) is 2.82. The molecule has 1 saturated heterocycles. The largest absolute Gasteiger partial charge is 0.377 e. The summed E-state index contributed by atoms with van der Waals surface area (Å²) in [6, 6.07) is 0. The first-order chi connectivity index (χ1) is 8.28. The van der Waals surface area contributed by atoms with E-state index < -0.39 is 0 Å². The van der Waals surface area contributed by atoms with E-state index in [1.165, 1.54) is 6.42 Å². The van der Waals surface area contributed by atoms with Gasteiger partial charge in [-0.25, -0.2) is 10.8 Å². The van der Waals surface area contributed by atoms with E-state index in [0.717, 1.165) is 31.8 Å². The Balaban J connectivity index is 1.81. The Labute approximate surface area is 101 Å². The Morgan fingerprint density at radius 1 is 1.53 bits per heavy atom. The number of hydrogen-bond donors (Lipinski definition) is 2. The van der Waals surface area contributed by atoms with E-state index in [4.69, 9.17) is 10.6 Å². The predicted molar refractivity (Wildman–Crippen MR) is 65.2 cm³/mol. The lowest BCUT2D eigenvalue weighted by molar-refractivity contribution is 0.0789. The number of aromatic nitrogens is 2. The molecule has 1 unspecified atom stereocenters. The number of ether oxygens (including phenoxy) is 1. The Bertz CT molecular complexity index is 336. The highest BCUT2D eigenvalue weighted by molar-refractivity contribution is 5.28. The number of rotatable bonds is 5. The zero-order valence-corrected chi connectivity index (χ0v) is 10.1. The maximum atomic E-state index is 5.59. The van der Waals surface area contributed by atoms with Gasteiger partial charge in [0.05, 0.1) is 24.2 Å². The molecule has 1 aromatic heterocycles. The summed E-state index contributed by atoms with van der Waals surface area (Å²) in [5, 5.41) is 0. The number of nitrogens with zero attached hydrogens (tertiary/aromatic N) is 3. The molecule has 6 nitrogen and oxygen atoms in total. The van der Waals surface area contributed by atoms with E-state index in [1.54, 1.807) is 12.4 Å². The number of anilines is 1. The van der Waals surface area contributed by atoms with Crippen LogP contribution in [0.2, 0.25) is 0 Å². The molecule has 0 aliphatic carbocycles. The molecule has 3 N–H and O–H groups in total. The number of nitrogens with two attached hydrogens (primary N) is 1. The van der Waals surface area contributed by atoms with Crippen molar-refractivity contribution in [3.05, 3.63) is 18.1 Å². The molecule has 1 aromatic rings. The van der Waals surface area contributed by atoms with Crippen molar-refractivity contribution in [1.29, 1.82) is 0 Å². The first-order valence-electron chi connectivity index (χ1n) is 5.85. The third kappa shape index (κ3) is 3.62. The summed E-state index contributed by atoms with van der Waals surface area (Å²) in [5.41, 5.74) is 3.39. The molecule has 17 heavy (non-hydrogen) atoms. The first kappa shape index (κ1) is 12.2. The standard InChI is InChI=1S/C11H19N5O/c1-16(8-10-3-2-4-17-10)7-9-5-14-11(15-12)6-13-9/h5-6,10H,2-4,7-8,12H2,1H3,(H,14,15). The minimum Gasteiger partial charge on any atom is -0.377 e. The normalized spacial score (nSPS) is 19.8. The van der Waals surface area contributed by atoms with Gasteiger partial charge in [-0.2, -0.15) is 0 Å². The van der Waals surface area contributed by atoms with Crippen LogP contribution in [0.4, 0.5) is 5.82 Å². The predicted octanol–water partition coefficient (Wildman–Crippen LogP) is 0.373. The van der Waals surface area contributed by atoms with Gasteiger partial charge in [-0.3, -0.25) is 9.88 Å². The number of hydrogen-bond acceptors (Lipinski definition) is 6. The molecule has 1 aliphatic heterocycles. The van der Waals surface area contributed by atoms with Crippen molar-refractivity contribution < 1.29 is 4.74 Å². The molecule has 2 rings (SSSR count). The van der Waals surface area contributed by atoms with Crippen molar-refractivity contribution in [2.75, 3.05) is 25.6 Å². The van der Waals surface area contributed by atoms with Gasteiger partial charge in [0.15, 0.2) is 5.82 Å². The highest BCUT2D eigenvalue weighted by Gasteiger charge is 2.17. The summed E-state index contributed by atoms with van der Waals surface area (Å²) < 4.78 is 5.59. The van der Waals surface area contributed by atoms with Crippen LogP contribution in [0.5, 0.6) is 0 Å². The second-order valence-electron chi connectivity index (χ2n) is 4.37. The number of nitrogen functional groups attached to an aromatic ring is 1. The van der Waals surface area contributed by atoms with Crippen molar-refractivity contribution in [2.45, 2.75) is 25.5 Å². The van der Waals surface area contributed by atoms with E-state index in [2.05, 4.69) is 27.3 Å². The highest BCUT2D eigenvalue weighted by atomic mass is 16.5. The molecule has 0 radical (unpaired) electrons. The van der Waals surface area contributed by atoms with Crippen LogP contribution in [0.25, 0.3) is 0 Å². The van der Waals surface area contributed by atoms with Gasteiger partial charge in [-0.15, -0.1) is 0 Å². The van der Waals surface area contributed by atoms with E-state index in [-0.39, 0.29) is 0 Å². The maximum absolute atomic E-state index is 5.59. The van der Waals surface area contributed by atoms with E-state index in [1.807, 2.05) is 0 Å². The molecule has 0 bridgehead atoms. The zero-order valence-electron chi connectivity index (χ0n) is 10.1. The van der Waals surface area contributed by atoms with Crippen molar-refractivity contribution in [2.24, 2.45) is 5.84 Å². The third-order valence-corrected chi connectivity index (χ3v) is 2.82. The van der Waals surface area contributed by atoms with Crippen LogP contribution in [-0.2, 0) is 11.3 Å². The second kappa shape index (κ2) is 5.90. The summed E-state index contributed by atoms with van der Waals surface area (Å²) in [4.78, 5) is 10.6. The van der Waals surface area contributed by atoms with Gasteiger partial charge in [0, 0.05) is 19.7 Å². The minimum absolute atomic E-state index is 0.373. The van der Waals surface area contributed by atoms with Gasteiger partial charge in [-0.05, 0) is 19.9 Å². The van der Waals surface area contributed by atoms with Crippen LogP contribution in [0, 0.1) is 0 Å². The Kier molecular flexibility index (Phi) is 4.24. The van der Waals surface area contributed by atoms with E-state index in [9.17, 15) is 0 Å². The Morgan fingerprint density at radius 3 is 3.00 bits per heavy atom.